The molecule has 0 radical (unpaired) electrons. The van der Waals surface area contributed by atoms with Crippen LogP contribution < -0.4 is 5.32 Å². The summed E-state index contributed by atoms with van der Waals surface area (Å²) in [5.41, 5.74) is 4.33. The van der Waals surface area contributed by atoms with Crippen LogP contribution in [0.5, 0.6) is 0 Å². The number of benzene rings is 2. The summed E-state index contributed by atoms with van der Waals surface area (Å²) in [6.45, 7) is 7.01. The summed E-state index contributed by atoms with van der Waals surface area (Å²) >= 11 is 2.02. The second-order valence-corrected chi connectivity index (χ2v) is 8.80. The van der Waals surface area contributed by atoms with Crippen LogP contribution in [0.1, 0.15) is 27.3 Å². The van der Waals surface area contributed by atoms with Crippen LogP contribution in [-0.2, 0) is 6.42 Å². The lowest BCUT2D eigenvalue weighted by Gasteiger charge is -2.26. The maximum absolute atomic E-state index is 14.1. The molecule has 0 unspecified atom stereocenters. The number of halogens is 1. The number of hydrogen-bond acceptors (Lipinski definition) is 5. The Kier molecular flexibility index (Phi) is 6.29. The van der Waals surface area contributed by atoms with E-state index in [4.69, 9.17) is 0 Å². The molecule has 1 saturated heterocycles. The van der Waals surface area contributed by atoms with Gasteiger partial charge in [-0.15, -0.1) is 0 Å². The maximum Gasteiger partial charge on any atom is 0.258 e. The van der Waals surface area contributed by atoms with Gasteiger partial charge < -0.3 is 10.2 Å². The second kappa shape index (κ2) is 9.10. The van der Waals surface area contributed by atoms with E-state index in [2.05, 4.69) is 20.2 Å². The van der Waals surface area contributed by atoms with Crippen molar-refractivity contribution in [2.75, 3.05) is 36.5 Å². The molecule has 2 aromatic carbocycles. The maximum atomic E-state index is 14.1. The van der Waals surface area contributed by atoms with Gasteiger partial charge in [0.15, 0.2) is 0 Å². The van der Waals surface area contributed by atoms with Gasteiger partial charge in [-0.3, -0.25) is 4.79 Å². The first-order chi connectivity index (χ1) is 14.5. The predicted octanol–water partition coefficient (Wildman–Crippen LogP) is 4.23. The van der Waals surface area contributed by atoms with Gasteiger partial charge in [-0.2, -0.15) is 11.8 Å². The number of aryl methyl sites for hydroxylation is 2. The molecule has 0 spiro atoms. The third-order valence-corrected chi connectivity index (χ3v) is 6.37. The average Bonchev–Trinajstić information content (AvgIpc) is 2.74. The minimum atomic E-state index is -0.503. The smallest absolute Gasteiger partial charge is 0.258 e. The molecule has 1 aliphatic heterocycles. The number of nitrogens with one attached hydrogen (secondary N) is 1. The molecule has 3 aromatic rings. The Morgan fingerprint density at radius 2 is 1.80 bits per heavy atom. The molecule has 1 amide bonds. The molecule has 0 bridgehead atoms. The molecule has 0 saturated carbocycles. The van der Waals surface area contributed by atoms with Crippen LogP contribution >= 0.6 is 11.8 Å². The second-order valence-electron chi connectivity index (χ2n) is 7.57. The number of anilines is 1. The fourth-order valence-electron chi connectivity index (χ4n) is 3.54. The van der Waals surface area contributed by atoms with E-state index in [0.29, 0.717) is 16.7 Å². The van der Waals surface area contributed by atoms with Gasteiger partial charge in [0.05, 0.1) is 22.5 Å². The van der Waals surface area contributed by atoms with Crippen LogP contribution in [0.4, 0.5) is 10.1 Å². The molecule has 1 N–H and O–H groups in total. The summed E-state index contributed by atoms with van der Waals surface area (Å²) in [7, 11) is 0. The van der Waals surface area contributed by atoms with Gasteiger partial charge in [-0.25, -0.2) is 14.4 Å². The Morgan fingerprint density at radius 1 is 1.10 bits per heavy atom. The lowest BCUT2D eigenvalue weighted by atomic mass is 10.1. The van der Waals surface area contributed by atoms with Crippen molar-refractivity contribution in [3.8, 4) is 0 Å². The standard InChI is InChI=1S/C23H25FN4OS/c1-15-16(2)26-22-20(13-18(24)14-21(22)25-15)23(29)27-19-5-3-17(4-6-19)7-8-28-9-11-30-12-10-28/h3-6,13-14H,7-12H2,1-2H3,(H,27,29). The largest absolute Gasteiger partial charge is 0.322 e. The lowest BCUT2D eigenvalue weighted by molar-refractivity contribution is 0.102. The van der Waals surface area contributed by atoms with E-state index in [1.807, 2.05) is 49.9 Å². The van der Waals surface area contributed by atoms with Crippen LogP contribution in [0.25, 0.3) is 11.0 Å². The zero-order valence-electron chi connectivity index (χ0n) is 17.2. The number of hydrogen-bond donors (Lipinski definition) is 1. The summed E-state index contributed by atoms with van der Waals surface area (Å²) in [6.07, 6.45) is 0.988. The first kappa shape index (κ1) is 20.8. The highest BCUT2D eigenvalue weighted by molar-refractivity contribution is 7.99. The number of thioether (sulfide) groups is 1. The number of amides is 1. The Morgan fingerprint density at radius 3 is 2.53 bits per heavy atom. The van der Waals surface area contributed by atoms with Crippen LogP contribution in [0.15, 0.2) is 36.4 Å². The Bertz CT molecular complexity index is 1060. The molecule has 30 heavy (non-hydrogen) atoms. The van der Waals surface area contributed by atoms with E-state index in [9.17, 15) is 9.18 Å². The summed E-state index contributed by atoms with van der Waals surface area (Å²) < 4.78 is 14.1. The van der Waals surface area contributed by atoms with Gasteiger partial charge >= 0.3 is 0 Å². The van der Waals surface area contributed by atoms with Crippen molar-refractivity contribution in [2.45, 2.75) is 20.3 Å². The fraction of sp³-hybridized carbons (Fsp3) is 0.348. The summed E-state index contributed by atoms with van der Waals surface area (Å²) in [4.78, 5) is 24.2. The number of fused-ring (bicyclic) bond motifs is 1. The molecular weight excluding hydrogens is 399 g/mol. The monoisotopic (exact) mass is 424 g/mol. The molecule has 1 fully saturated rings. The van der Waals surface area contributed by atoms with Crippen LogP contribution in [0, 0.1) is 19.7 Å². The molecule has 156 valence electrons. The quantitative estimate of drug-likeness (QED) is 0.664. The SMILES string of the molecule is Cc1nc2cc(F)cc(C(=O)Nc3ccc(CCN4CCSCC4)cc3)c2nc1C. The number of carbonyl (C=O) groups excluding carboxylic acids is 1. The van der Waals surface area contributed by atoms with Gasteiger partial charge in [-0.1, -0.05) is 12.1 Å². The summed E-state index contributed by atoms with van der Waals surface area (Å²) in [5, 5.41) is 2.86. The molecule has 1 aliphatic rings. The molecule has 2 heterocycles. The van der Waals surface area contributed by atoms with E-state index in [1.54, 1.807) is 0 Å². The predicted molar refractivity (Wildman–Crippen MR) is 121 cm³/mol. The van der Waals surface area contributed by atoms with Gasteiger partial charge in [0.25, 0.3) is 5.91 Å². The van der Waals surface area contributed by atoms with Crippen LogP contribution in [-0.4, -0.2) is 51.9 Å². The first-order valence-electron chi connectivity index (χ1n) is 10.1. The number of nitrogens with zero attached hydrogens (tertiary/aromatic N) is 3. The van der Waals surface area contributed by atoms with Gasteiger partial charge in [-0.05, 0) is 44.0 Å². The topological polar surface area (TPSA) is 58.1 Å². The highest BCUT2D eigenvalue weighted by atomic mass is 32.2. The fourth-order valence-corrected chi connectivity index (χ4v) is 4.51. The van der Waals surface area contributed by atoms with Crippen molar-refractivity contribution < 1.29 is 9.18 Å². The van der Waals surface area contributed by atoms with E-state index in [-0.39, 0.29) is 5.56 Å². The van der Waals surface area contributed by atoms with E-state index in [1.165, 1.54) is 29.2 Å². The highest BCUT2D eigenvalue weighted by Crippen LogP contribution is 2.21. The first-order valence-corrected chi connectivity index (χ1v) is 11.3. The normalized spacial score (nSPS) is 14.8. The highest BCUT2D eigenvalue weighted by Gasteiger charge is 2.16. The number of rotatable bonds is 5. The zero-order chi connectivity index (χ0) is 21.1. The van der Waals surface area contributed by atoms with E-state index >= 15 is 0 Å². The van der Waals surface area contributed by atoms with Gasteiger partial charge in [0.1, 0.15) is 11.3 Å². The van der Waals surface area contributed by atoms with Crippen molar-refractivity contribution in [1.82, 2.24) is 14.9 Å². The average molecular weight is 425 g/mol. The number of aromatic nitrogens is 2. The number of carbonyl (C=O) groups is 1. The van der Waals surface area contributed by atoms with Crippen LogP contribution in [0.2, 0.25) is 0 Å². The summed E-state index contributed by atoms with van der Waals surface area (Å²) in [5.74, 6) is 1.53. The third kappa shape index (κ3) is 4.79. The Balaban J connectivity index is 1.46. The Hall–Kier alpha value is -2.51. The van der Waals surface area contributed by atoms with Crippen molar-refractivity contribution in [1.29, 1.82) is 0 Å². The van der Waals surface area contributed by atoms with E-state index < -0.39 is 11.7 Å². The molecule has 0 aliphatic carbocycles. The van der Waals surface area contributed by atoms with Gasteiger partial charge in [0.2, 0.25) is 0 Å². The Labute approximate surface area is 180 Å². The molecule has 0 atom stereocenters. The van der Waals surface area contributed by atoms with Crippen LogP contribution in [0.3, 0.4) is 0 Å². The molecular formula is C23H25FN4OS. The molecule has 4 rings (SSSR count). The zero-order valence-corrected chi connectivity index (χ0v) is 18.1. The third-order valence-electron chi connectivity index (χ3n) is 5.42. The molecule has 7 heteroatoms. The molecule has 5 nitrogen and oxygen atoms in total. The van der Waals surface area contributed by atoms with Crippen molar-refractivity contribution in [2.24, 2.45) is 0 Å². The molecule has 1 aromatic heterocycles. The summed E-state index contributed by atoms with van der Waals surface area (Å²) in [6, 6.07) is 10.4. The van der Waals surface area contributed by atoms with Crippen molar-refractivity contribution >= 4 is 34.4 Å². The van der Waals surface area contributed by atoms with E-state index in [0.717, 1.165) is 37.4 Å². The van der Waals surface area contributed by atoms with Crippen molar-refractivity contribution in [3.63, 3.8) is 0 Å². The minimum Gasteiger partial charge on any atom is -0.322 e. The lowest BCUT2D eigenvalue weighted by Crippen LogP contribution is -2.34. The minimum absolute atomic E-state index is 0.188. The van der Waals surface area contributed by atoms with Crippen molar-refractivity contribution in [3.05, 3.63) is 64.7 Å². The van der Waals surface area contributed by atoms with Gasteiger partial charge in [0, 0.05) is 42.9 Å².